The topological polar surface area (TPSA) is 65.0 Å². The summed E-state index contributed by atoms with van der Waals surface area (Å²) in [5, 5.41) is 9.86. The predicted octanol–water partition coefficient (Wildman–Crippen LogP) is 6.29. The number of esters is 1. The van der Waals surface area contributed by atoms with E-state index in [9.17, 15) is 9.90 Å². The smallest absolute Gasteiger partial charge is 0.308 e. The van der Waals surface area contributed by atoms with Crippen LogP contribution in [0.5, 0.6) is 0 Å². The van der Waals surface area contributed by atoms with Crippen LogP contribution < -0.4 is 0 Å². The van der Waals surface area contributed by atoms with Crippen LogP contribution in [0, 0.1) is 11.8 Å². The molecule has 0 spiro atoms. The first-order chi connectivity index (χ1) is 15.7. The molecule has 6 heteroatoms. The van der Waals surface area contributed by atoms with Crippen LogP contribution >= 0.6 is 22.6 Å². The minimum Gasteiger partial charge on any atom is -0.463 e. The van der Waals surface area contributed by atoms with E-state index in [4.69, 9.17) is 14.2 Å². The van der Waals surface area contributed by atoms with Crippen LogP contribution in [0.2, 0.25) is 0 Å². The van der Waals surface area contributed by atoms with E-state index in [1.807, 2.05) is 20.8 Å². The second kappa shape index (κ2) is 14.6. The first kappa shape index (κ1) is 28.5. The maximum absolute atomic E-state index is 12.1. The number of hydrogen-bond acceptors (Lipinski definition) is 5. The van der Waals surface area contributed by atoms with Crippen molar-refractivity contribution in [2.24, 2.45) is 11.8 Å². The second-order valence-electron chi connectivity index (χ2n) is 10.0. The van der Waals surface area contributed by atoms with E-state index >= 15 is 0 Å². The van der Waals surface area contributed by atoms with Gasteiger partial charge in [-0.05, 0) is 62.4 Å². The Hall–Kier alpha value is -0.700. The molecule has 7 atom stereocenters. The highest BCUT2D eigenvalue weighted by Gasteiger charge is 2.32. The van der Waals surface area contributed by atoms with Crippen molar-refractivity contribution in [2.45, 2.75) is 116 Å². The van der Waals surface area contributed by atoms with Crippen molar-refractivity contribution in [3.8, 4) is 0 Å². The van der Waals surface area contributed by atoms with Gasteiger partial charge in [0.2, 0.25) is 0 Å². The fourth-order valence-electron chi connectivity index (χ4n) is 4.69. The van der Waals surface area contributed by atoms with Crippen molar-refractivity contribution >= 4 is 28.6 Å². The van der Waals surface area contributed by atoms with Gasteiger partial charge in [0.25, 0.3) is 0 Å². The highest BCUT2D eigenvalue weighted by Crippen LogP contribution is 2.33. The predicted molar refractivity (Wildman–Crippen MR) is 141 cm³/mol. The zero-order valence-corrected chi connectivity index (χ0v) is 22.9. The summed E-state index contributed by atoms with van der Waals surface area (Å²) in [5.74, 6) is 0.276. The lowest BCUT2D eigenvalue weighted by molar-refractivity contribution is -0.153. The van der Waals surface area contributed by atoms with Crippen LogP contribution in [-0.2, 0) is 19.0 Å². The molecular formula is C27H43IO5. The number of aliphatic hydroxyl groups excluding tert-OH is 1. The molecule has 0 saturated carbocycles. The fourth-order valence-corrected chi connectivity index (χ4v) is 5.20. The average molecular weight is 575 g/mol. The third-order valence-electron chi connectivity index (χ3n) is 6.40. The number of carbonyl (C=O) groups is 1. The molecule has 1 N–H and O–H groups in total. The van der Waals surface area contributed by atoms with E-state index in [1.165, 1.54) is 12.0 Å². The number of rotatable bonds is 11. The summed E-state index contributed by atoms with van der Waals surface area (Å²) in [6.45, 7) is 11.6. The molecular weight excluding hydrogens is 531 g/mol. The number of allylic oxidation sites excluding steroid dienone is 1. The molecule has 0 aromatic heterocycles. The zero-order valence-electron chi connectivity index (χ0n) is 20.8. The van der Waals surface area contributed by atoms with Gasteiger partial charge in [-0.25, -0.2) is 0 Å². The molecule has 0 unspecified atom stereocenters. The SMILES string of the molecule is C=C[C@H](O)[C@@H](C)/C=C/[C@H](C)C[C@H]1CCC[C@@H](C[C@H]2C/C(=C/I)C[C@@H](CC(=O)OC(C)C)O2)O1. The maximum atomic E-state index is 12.1. The minimum absolute atomic E-state index is 0.0688. The molecule has 2 aliphatic heterocycles. The molecule has 2 heterocycles. The van der Waals surface area contributed by atoms with Gasteiger partial charge in [0.15, 0.2) is 0 Å². The van der Waals surface area contributed by atoms with Gasteiger partial charge in [-0.15, -0.1) is 6.58 Å². The molecule has 0 amide bonds. The Labute approximate surface area is 214 Å². The van der Waals surface area contributed by atoms with Crippen LogP contribution in [0.4, 0.5) is 0 Å². The molecule has 0 radical (unpaired) electrons. The zero-order chi connectivity index (χ0) is 24.4. The Morgan fingerprint density at radius 3 is 2.45 bits per heavy atom. The second-order valence-corrected chi connectivity index (χ2v) is 10.7. The number of hydrogen-bond donors (Lipinski definition) is 1. The van der Waals surface area contributed by atoms with E-state index in [0.717, 1.165) is 38.5 Å². The fraction of sp³-hybridized carbons (Fsp3) is 0.741. The van der Waals surface area contributed by atoms with Crippen molar-refractivity contribution < 1.29 is 24.1 Å². The van der Waals surface area contributed by atoms with Gasteiger partial charge in [0.1, 0.15) is 0 Å². The highest BCUT2D eigenvalue weighted by molar-refractivity contribution is 14.1. The molecule has 0 aromatic rings. The monoisotopic (exact) mass is 574 g/mol. The Morgan fingerprint density at radius 2 is 1.79 bits per heavy atom. The van der Waals surface area contributed by atoms with Gasteiger partial charge < -0.3 is 19.3 Å². The van der Waals surface area contributed by atoms with Crippen molar-refractivity contribution in [3.05, 3.63) is 34.5 Å². The molecule has 2 saturated heterocycles. The minimum atomic E-state index is -0.503. The molecule has 0 bridgehead atoms. The number of ether oxygens (including phenoxy) is 3. The quantitative estimate of drug-likeness (QED) is 0.179. The van der Waals surface area contributed by atoms with E-state index in [2.05, 4.69) is 52.3 Å². The number of carbonyl (C=O) groups excluding carboxylic acids is 1. The lowest BCUT2D eigenvalue weighted by Gasteiger charge is -2.36. The number of halogens is 1. The highest BCUT2D eigenvalue weighted by atomic mass is 127. The Morgan fingerprint density at radius 1 is 1.12 bits per heavy atom. The van der Waals surface area contributed by atoms with Gasteiger partial charge >= 0.3 is 5.97 Å². The van der Waals surface area contributed by atoms with Crippen molar-refractivity contribution in [1.29, 1.82) is 0 Å². The first-order valence-corrected chi connectivity index (χ1v) is 13.7. The Bertz CT molecular complexity index is 673. The molecule has 2 aliphatic rings. The lowest BCUT2D eigenvalue weighted by Crippen LogP contribution is -2.37. The van der Waals surface area contributed by atoms with Gasteiger partial charge in [-0.2, -0.15) is 0 Å². The lowest BCUT2D eigenvalue weighted by atomic mass is 9.90. The molecule has 188 valence electrons. The first-order valence-electron chi connectivity index (χ1n) is 12.5. The van der Waals surface area contributed by atoms with Crippen LogP contribution in [0.1, 0.15) is 79.1 Å². The third-order valence-corrected chi connectivity index (χ3v) is 7.28. The van der Waals surface area contributed by atoms with Crippen LogP contribution in [0.15, 0.2) is 34.5 Å². The summed E-state index contributed by atoms with van der Waals surface area (Å²) in [6, 6.07) is 0. The standard InChI is InChI=1S/C27H43IO5/c1-6-26(29)20(5)11-10-19(4)12-22-8-7-9-23(32-22)15-24-13-21(17-28)14-25(33-24)16-27(30)31-18(2)3/h6,10-11,17-20,22-26,29H,1,7-9,12-16H2,2-5H3/b11-10+,21-17-/t19-,20-,22+,23-,24+,25-,26-/m0/s1. The largest absolute Gasteiger partial charge is 0.463 e. The molecule has 0 aromatic carbocycles. The van der Waals surface area contributed by atoms with Crippen LogP contribution in [0.3, 0.4) is 0 Å². The van der Waals surface area contributed by atoms with Crippen molar-refractivity contribution in [1.82, 2.24) is 0 Å². The van der Waals surface area contributed by atoms with Gasteiger partial charge in [0, 0.05) is 12.3 Å². The van der Waals surface area contributed by atoms with E-state index < -0.39 is 6.10 Å². The third kappa shape index (κ3) is 10.6. The summed E-state index contributed by atoms with van der Waals surface area (Å²) in [6.07, 6.45) is 12.8. The average Bonchev–Trinajstić information content (AvgIpc) is 2.76. The molecule has 2 fully saturated rings. The maximum Gasteiger partial charge on any atom is 0.308 e. The summed E-state index contributed by atoms with van der Waals surface area (Å²) < 4.78 is 20.3. The van der Waals surface area contributed by atoms with E-state index in [-0.39, 0.29) is 42.4 Å². The van der Waals surface area contributed by atoms with Gasteiger partial charge in [-0.3, -0.25) is 4.79 Å². The Kier molecular flexibility index (Phi) is 12.7. The van der Waals surface area contributed by atoms with Crippen molar-refractivity contribution in [3.63, 3.8) is 0 Å². The van der Waals surface area contributed by atoms with Crippen LogP contribution in [0.25, 0.3) is 0 Å². The number of aliphatic hydroxyl groups is 1. The normalized spacial score (nSPS) is 30.3. The summed E-state index contributed by atoms with van der Waals surface area (Å²) in [7, 11) is 0. The molecule has 33 heavy (non-hydrogen) atoms. The summed E-state index contributed by atoms with van der Waals surface area (Å²) in [4.78, 5) is 12.1. The Balaban J connectivity index is 1.85. The van der Waals surface area contributed by atoms with Crippen molar-refractivity contribution in [2.75, 3.05) is 0 Å². The summed E-state index contributed by atoms with van der Waals surface area (Å²) in [5.41, 5.74) is 1.34. The van der Waals surface area contributed by atoms with E-state index in [1.54, 1.807) is 6.08 Å². The van der Waals surface area contributed by atoms with Crippen LogP contribution in [-0.4, -0.2) is 47.7 Å². The van der Waals surface area contributed by atoms with E-state index in [0.29, 0.717) is 12.3 Å². The van der Waals surface area contributed by atoms with Gasteiger partial charge in [-0.1, -0.05) is 60.2 Å². The molecule has 5 nitrogen and oxygen atoms in total. The van der Waals surface area contributed by atoms with Gasteiger partial charge in [0.05, 0.1) is 43.0 Å². The summed E-state index contributed by atoms with van der Waals surface area (Å²) >= 11 is 2.29. The molecule has 0 aliphatic carbocycles. The molecule has 2 rings (SSSR count).